The van der Waals surface area contributed by atoms with Crippen molar-refractivity contribution >= 4 is 21.4 Å². The number of carbonyl (C=O) groups excluding carboxylic acids is 1. The Kier molecular flexibility index (Phi) is 8.98. The van der Waals surface area contributed by atoms with Crippen LogP contribution in [0.1, 0.15) is 50.0 Å². The molecule has 2 heterocycles. The van der Waals surface area contributed by atoms with Crippen LogP contribution in [-0.4, -0.2) is 53.3 Å². The second-order valence-corrected chi connectivity index (χ2v) is 12.1. The Morgan fingerprint density at radius 2 is 1.51 bits per heavy atom. The highest BCUT2D eigenvalue weighted by atomic mass is 32.2. The summed E-state index contributed by atoms with van der Waals surface area (Å²) in [5, 5.41) is 6.85. The third kappa shape index (κ3) is 7.15. The van der Waals surface area contributed by atoms with Gasteiger partial charge in [0.1, 0.15) is 0 Å². The van der Waals surface area contributed by atoms with Gasteiger partial charge in [-0.05, 0) is 106 Å². The third-order valence-corrected chi connectivity index (χ3v) is 8.77. The largest absolute Gasteiger partial charge is 0.317 e. The molecule has 1 unspecified atom stereocenters. The Hall–Kier alpha value is -2.22. The van der Waals surface area contributed by atoms with Crippen LogP contribution in [0.3, 0.4) is 0 Å². The average Bonchev–Trinajstić information content (AvgIpc) is 2.88. The van der Waals surface area contributed by atoms with Gasteiger partial charge in [0.05, 0.1) is 4.90 Å². The molecule has 2 aromatic rings. The van der Waals surface area contributed by atoms with Crippen molar-refractivity contribution in [2.75, 3.05) is 43.9 Å². The zero-order valence-electron chi connectivity index (χ0n) is 20.8. The van der Waals surface area contributed by atoms with E-state index in [4.69, 9.17) is 0 Å². The monoisotopic (exact) mass is 497 g/mol. The van der Waals surface area contributed by atoms with Gasteiger partial charge in [-0.3, -0.25) is 4.79 Å². The number of hydrogen-bond acceptors (Lipinski definition) is 5. The summed E-state index contributed by atoms with van der Waals surface area (Å²) in [6, 6.07) is 17.5. The van der Waals surface area contributed by atoms with Crippen molar-refractivity contribution in [3.05, 3.63) is 60.2 Å². The first-order valence-electron chi connectivity index (χ1n) is 13.0. The second kappa shape index (κ2) is 12.2. The minimum absolute atomic E-state index is 0.140. The molecule has 4 rings (SSSR count). The zero-order valence-corrected chi connectivity index (χ0v) is 21.6. The van der Waals surface area contributed by atoms with Gasteiger partial charge in [-0.1, -0.05) is 30.3 Å². The number of piperidine rings is 2. The maximum Gasteiger partial charge on any atom is 0.227 e. The lowest BCUT2D eigenvalue weighted by molar-refractivity contribution is -0.119. The van der Waals surface area contributed by atoms with E-state index in [0.717, 1.165) is 64.0 Å². The van der Waals surface area contributed by atoms with Gasteiger partial charge in [-0.15, -0.1) is 0 Å². The van der Waals surface area contributed by atoms with Crippen LogP contribution >= 0.6 is 0 Å². The van der Waals surface area contributed by atoms with Crippen molar-refractivity contribution < 1.29 is 13.2 Å². The van der Waals surface area contributed by atoms with Gasteiger partial charge in [0, 0.05) is 24.9 Å². The molecule has 0 saturated carbocycles. The van der Waals surface area contributed by atoms with Crippen LogP contribution in [0.15, 0.2) is 59.5 Å². The Balaban J connectivity index is 1.56. The van der Waals surface area contributed by atoms with Crippen LogP contribution in [0.4, 0.5) is 5.69 Å². The van der Waals surface area contributed by atoms with E-state index < -0.39 is 9.84 Å². The van der Waals surface area contributed by atoms with Crippen LogP contribution in [0.2, 0.25) is 0 Å². The number of anilines is 1. The van der Waals surface area contributed by atoms with E-state index >= 15 is 0 Å². The fourth-order valence-electron chi connectivity index (χ4n) is 5.60. The van der Waals surface area contributed by atoms with Crippen LogP contribution in [-0.2, 0) is 14.6 Å². The molecular formula is C28H39N3O3S. The van der Waals surface area contributed by atoms with Gasteiger partial charge in [0.2, 0.25) is 5.91 Å². The highest BCUT2D eigenvalue weighted by Crippen LogP contribution is 2.35. The lowest BCUT2D eigenvalue weighted by Gasteiger charge is -2.34. The summed E-state index contributed by atoms with van der Waals surface area (Å²) in [6.45, 7) is 4.64. The molecule has 35 heavy (non-hydrogen) atoms. The summed E-state index contributed by atoms with van der Waals surface area (Å²) in [5.41, 5.74) is 2.13. The predicted octanol–water partition coefficient (Wildman–Crippen LogP) is 3.99. The maximum absolute atomic E-state index is 13.6. The number of nitrogens with zero attached hydrogens (tertiary/aromatic N) is 1. The smallest absolute Gasteiger partial charge is 0.227 e. The molecule has 0 aromatic heterocycles. The van der Waals surface area contributed by atoms with Crippen molar-refractivity contribution in [2.45, 2.75) is 49.3 Å². The van der Waals surface area contributed by atoms with Gasteiger partial charge in [0.15, 0.2) is 9.84 Å². The van der Waals surface area contributed by atoms with E-state index in [0.29, 0.717) is 30.7 Å². The molecule has 2 fully saturated rings. The molecular weight excluding hydrogens is 458 g/mol. The normalized spacial score (nSPS) is 18.8. The minimum Gasteiger partial charge on any atom is -0.317 e. The molecule has 0 radical (unpaired) electrons. The summed E-state index contributed by atoms with van der Waals surface area (Å²) in [6.07, 6.45) is 6.98. The lowest BCUT2D eigenvalue weighted by atomic mass is 9.78. The fourth-order valence-corrected chi connectivity index (χ4v) is 6.23. The summed E-state index contributed by atoms with van der Waals surface area (Å²) >= 11 is 0. The van der Waals surface area contributed by atoms with E-state index in [1.54, 1.807) is 24.3 Å². The van der Waals surface area contributed by atoms with E-state index in [2.05, 4.69) is 41.0 Å². The van der Waals surface area contributed by atoms with Gasteiger partial charge < -0.3 is 15.5 Å². The number of benzene rings is 2. The number of nitrogens with one attached hydrogen (secondary N) is 2. The van der Waals surface area contributed by atoms with Crippen molar-refractivity contribution in [1.29, 1.82) is 0 Å². The molecule has 190 valence electrons. The number of hydrogen-bond donors (Lipinski definition) is 2. The molecule has 2 N–H and O–H groups in total. The van der Waals surface area contributed by atoms with E-state index in [1.807, 2.05) is 4.90 Å². The number of sulfone groups is 1. The minimum atomic E-state index is -3.28. The maximum atomic E-state index is 13.6. The summed E-state index contributed by atoms with van der Waals surface area (Å²) < 4.78 is 23.9. The van der Waals surface area contributed by atoms with Crippen molar-refractivity contribution in [2.24, 2.45) is 11.8 Å². The van der Waals surface area contributed by atoms with E-state index in [1.165, 1.54) is 11.8 Å². The highest BCUT2D eigenvalue weighted by Gasteiger charge is 2.28. The second-order valence-electron chi connectivity index (χ2n) is 10.1. The first kappa shape index (κ1) is 25.9. The van der Waals surface area contributed by atoms with Gasteiger partial charge in [0.25, 0.3) is 0 Å². The van der Waals surface area contributed by atoms with Crippen LogP contribution in [0.5, 0.6) is 0 Å². The van der Waals surface area contributed by atoms with Crippen LogP contribution in [0.25, 0.3) is 0 Å². The molecule has 6 nitrogen and oxygen atoms in total. The van der Waals surface area contributed by atoms with E-state index in [-0.39, 0.29) is 10.8 Å². The van der Waals surface area contributed by atoms with Crippen LogP contribution < -0.4 is 15.5 Å². The molecule has 2 aliphatic heterocycles. The topological polar surface area (TPSA) is 78.5 Å². The molecule has 0 aliphatic carbocycles. The van der Waals surface area contributed by atoms with Crippen molar-refractivity contribution in [3.63, 3.8) is 0 Å². The zero-order chi connectivity index (χ0) is 24.7. The molecule has 0 spiro atoms. The van der Waals surface area contributed by atoms with Gasteiger partial charge >= 0.3 is 0 Å². The Bertz CT molecular complexity index is 1040. The number of carbonyl (C=O) groups is 1. The standard InChI is InChI=1S/C28H39N3O3S/c1-35(33,34)26-9-7-25(8-10-26)31(28(32)21-22-11-16-29-17-12-22)20-15-27(23-5-3-2-4-6-23)24-13-18-30-19-14-24/h2-10,22,24,27,29-30H,11-21H2,1H3. The summed E-state index contributed by atoms with van der Waals surface area (Å²) in [7, 11) is -3.28. The van der Waals surface area contributed by atoms with Crippen molar-refractivity contribution in [3.8, 4) is 0 Å². The fraction of sp³-hybridized carbons (Fsp3) is 0.536. The third-order valence-electron chi connectivity index (χ3n) is 7.64. The van der Waals surface area contributed by atoms with E-state index in [9.17, 15) is 13.2 Å². The highest BCUT2D eigenvalue weighted by molar-refractivity contribution is 7.90. The predicted molar refractivity (Wildman–Crippen MR) is 142 cm³/mol. The van der Waals surface area contributed by atoms with Crippen LogP contribution in [0, 0.1) is 11.8 Å². The molecule has 2 aliphatic rings. The quantitative estimate of drug-likeness (QED) is 0.548. The molecule has 0 bridgehead atoms. The Morgan fingerprint density at radius 3 is 2.11 bits per heavy atom. The molecule has 1 amide bonds. The van der Waals surface area contributed by atoms with Gasteiger partial charge in [-0.25, -0.2) is 8.42 Å². The first-order chi connectivity index (χ1) is 16.9. The molecule has 2 aromatic carbocycles. The number of rotatable bonds is 9. The SMILES string of the molecule is CS(=O)(=O)c1ccc(N(CCC(c2ccccc2)C2CCNCC2)C(=O)CC2CCNCC2)cc1. The van der Waals surface area contributed by atoms with Gasteiger partial charge in [-0.2, -0.15) is 0 Å². The van der Waals surface area contributed by atoms with Crippen molar-refractivity contribution in [1.82, 2.24) is 10.6 Å². The summed E-state index contributed by atoms with van der Waals surface area (Å²) in [4.78, 5) is 15.8. The summed E-state index contributed by atoms with van der Waals surface area (Å²) in [5.74, 6) is 1.52. The molecule has 7 heteroatoms. The molecule has 2 saturated heterocycles. The average molecular weight is 498 g/mol. The lowest BCUT2D eigenvalue weighted by Crippen LogP contribution is -2.37. The Morgan fingerprint density at radius 1 is 0.914 bits per heavy atom. The number of amides is 1. The Labute approximate surface area is 210 Å². The first-order valence-corrected chi connectivity index (χ1v) is 14.9. The molecule has 1 atom stereocenters.